The van der Waals surface area contributed by atoms with E-state index in [4.69, 9.17) is 4.74 Å². The second kappa shape index (κ2) is 8.89. The van der Waals surface area contributed by atoms with Crippen molar-refractivity contribution in [3.63, 3.8) is 0 Å². The van der Waals surface area contributed by atoms with Crippen LogP contribution in [-0.4, -0.2) is 41.0 Å². The van der Waals surface area contributed by atoms with Crippen LogP contribution in [0.1, 0.15) is 35.8 Å². The van der Waals surface area contributed by atoms with Gasteiger partial charge in [-0.2, -0.15) is 0 Å². The third-order valence-electron chi connectivity index (χ3n) is 5.41. The highest BCUT2D eigenvalue weighted by atomic mass is 79.9. The number of carbonyl (C=O) groups is 2. The van der Waals surface area contributed by atoms with Crippen LogP contribution in [0.25, 0.3) is 10.2 Å². The van der Waals surface area contributed by atoms with Gasteiger partial charge in [0.25, 0.3) is 5.91 Å². The minimum absolute atomic E-state index is 0.143. The summed E-state index contributed by atoms with van der Waals surface area (Å²) in [6, 6.07) is 8.46. The van der Waals surface area contributed by atoms with Crippen LogP contribution in [0.2, 0.25) is 0 Å². The molecule has 0 spiro atoms. The zero-order valence-corrected chi connectivity index (χ0v) is 19.0. The first-order valence-corrected chi connectivity index (χ1v) is 11.6. The summed E-state index contributed by atoms with van der Waals surface area (Å²) < 4.78 is 23.2. The van der Waals surface area contributed by atoms with Crippen molar-refractivity contribution in [1.82, 2.24) is 9.47 Å². The van der Waals surface area contributed by atoms with Crippen LogP contribution in [0.15, 0.2) is 40.2 Å². The summed E-state index contributed by atoms with van der Waals surface area (Å²) in [5, 5.41) is 1.97. The van der Waals surface area contributed by atoms with E-state index in [2.05, 4.69) is 15.9 Å². The number of piperidine rings is 1. The molecule has 1 fully saturated rings. The van der Waals surface area contributed by atoms with Gasteiger partial charge in [-0.25, -0.2) is 4.39 Å². The number of benzene rings is 1. The standard InChI is InChI=1S/C22H22BrFN2O3S/c1-2-29-22(28)15-7-5-9-25(11-15)21(27)18-10-19-20(16(23)13-30-19)26(18)12-14-6-3-4-8-17(14)24/h3-4,6,8,10,13,15H,2,5,7,9,11-12H2,1H3/t15-/m1/s1. The number of hydrogen-bond donors (Lipinski definition) is 0. The fourth-order valence-corrected chi connectivity index (χ4v) is 5.64. The van der Waals surface area contributed by atoms with Crippen molar-refractivity contribution >= 4 is 49.4 Å². The molecule has 158 valence electrons. The molecule has 3 heterocycles. The predicted molar refractivity (Wildman–Crippen MR) is 118 cm³/mol. The highest BCUT2D eigenvalue weighted by Gasteiger charge is 2.31. The number of carbonyl (C=O) groups excluding carboxylic acids is 2. The molecule has 3 aromatic rings. The van der Waals surface area contributed by atoms with Crippen LogP contribution in [0.5, 0.6) is 0 Å². The second-order valence-corrected chi connectivity index (χ2v) is 9.11. The maximum Gasteiger partial charge on any atom is 0.310 e. The van der Waals surface area contributed by atoms with E-state index >= 15 is 0 Å². The molecule has 1 aromatic carbocycles. The third kappa shape index (κ3) is 4.03. The Hall–Kier alpha value is -2.19. The smallest absolute Gasteiger partial charge is 0.310 e. The number of rotatable bonds is 5. The predicted octanol–water partition coefficient (Wildman–Crippen LogP) is 5.07. The second-order valence-electron chi connectivity index (χ2n) is 7.35. The van der Waals surface area contributed by atoms with Gasteiger partial charge in [0.05, 0.1) is 33.8 Å². The Bertz CT molecular complexity index is 1090. The topological polar surface area (TPSA) is 51.5 Å². The number of hydrogen-bond acceptors (Lipinski definition) is 4. The molecule has 1 aliphatic rings. The van der Waals surface area contributed by atoms with Gasteiger partial charge >= 0.3 is 5.97 Å². The van der Waals surface area contributed by atoms with Gasteiger partial charge in [-0.1, -0.05) is 18.2 Å². The lowest BCUT2D eigenvalue weighted by Crippen LogP contribution is -2.43. The summed E-state index contributed by atoms with van der Waals surface area (Å²) in [5.41, 5.74) is 1.90. The number of fused-ring (bicyclic) bond motifs is 1. The first-order valence-electron chi connectivity index (χ1n) is 9.95. The quantitative estimate of drug-likeness (QED) is 0.467. The zero-order chi connectivity index (χ0) is 21.3. The lowest BCUT2D eigenvalue weighted by molar-refractivity contribution is -0.149. The van der Waals surface area contributed by atoms with E-state index in [0.29, 0.717) is 31.0 Å². The molecule has 2 aromatic heterocycles. The molecule has 0 unspecified atom stereocenters. The molecule has 0 bridgehead atoms. The minimum atomic E-state index is -0.301. The molecule has 30 heavy (non-hydrogen) atoms. The van der Waals surface area contributed by atoms with Crippen LogP contribution < -0.4 is 0 Å². The van der Waals surface area contributed by atoms with Crippen molar-refractivity contribution in [3.8, 4) is 0 Å². The summed E-state index contributed by atoms with van der Waals surface area (Å²) in [4.78, 5) is 27.3. The third-order valence-corrected chi connectivity index (χ3v) is 7.24. The van der Waals surface area contributed by atoms with Gasteiger partial charge in [-0.15, -0.1) is 11.3 Å². The number of nitrogens with zero attached hydrogens (tertiary/aromatic N) is 2. The Labute approximate surface area is 186 Å². The molecule has 0 saturated carbocycles. The Balaban J connectivity index is 1.67. The van der Waals surface area contributed by atoms with Crippen LogP contribution in [0.4, 0.5) is 4.39 Å². The van der Waals surface area contributed by atoms with Gasteiger partial charge in [0.2, 0.25) is 0 Å². The van der Waals surface area contributed by atoms with Gasteiger partial charge in [0, 0.05) is 24.0 Å². The minimum Gasteiger partial charge on any atom is -0.466 e. The van der Waals surface area contributed by atoms with E-state index in [-0.39, 0.29) is 30.2 Å². The lowest BCUT2D eigenvalue weighted by atomic mass is 9.98. The number of likely N-dealkylation sites (tertiary alicyclic amines) is 1. The molecule has 1 aliphatic heterocycles. The number of halogens is 2. The Kier molecular flexibility index (Phi) is 6.24. The molecular formula is C22H22BrFN2O3S. The van der Waals surface area contributed by atoms with E-state index in [1.165, 1.54) is 17.4 Å². The summed E-state index contributed by atoms with van der Waals surface area (Å²) >= 11 is 5.10. The Morgan fingerprint density at radius 1 is 1.33 bits per heavy atom. The molecule has 1 amide bonds. The average molecular weight is 493 g/mol. The van der Waals surface area contributed by atoms with Crippen molar-refractivity contribution in [2.24, 2.45) is 5.92 Å². The average Bonchev–Trinajstić information content (AvgIpc) is 3.29. The number of amides is 1. The fraction of sp³-hybridized carbons (Fsp3) is 0.364. The molecule has 1 saturated heterocycles. The molecule has 0 aliphatic carbocycles. The Morgan fingerprint density at radius 2 is 2.13 bits per heavy atom. The summed E-state index contributed by atoms with van der Waals surface area (Å²) in [7, 11) is 0. The van der Waals surface area contributed by atoms with Crippen LogP contribution in [0.3, 0.4) is 0 Å². The Morgan fingerprint density at radius 3 is 2.90 bits per heavy atom. The van der Waals surface area contributed by atoms with E-state index in [1.54, 1.807) is 30.0 Å². The van der Waals surface area contributed by atoms with E-state index in [0.717, 1.165) is 27.5 Å². The van der Waals surface area contributed by atoms with Crippen molar-refractivity contribution in [2.75, 3.05) is 19.7 Å². The van der Waals surface area contributed by atoms with Crippen LogP contribution in [-0.2, 0) is 16.1 Å². The maximum atomic E-state index is 14.3. The number of ether oxygens (including phenoxy) is 1. The lowest BCUT2D eigenvalue weighted by Gasteiger charge is -2.31. The molecule has 0 radical (unpaired) electrons. The first-order chi connectivity index (χ1) is 14.5. The molecule has 1 atom stereocenters. The largest absolute Gasteiger partial charge is 0.466 e. The summed E-state index contributed by atoms with van der Waals surface area (Å²) in [5.74, 6) is -0.994. The van der Waals surface area contributed by atoms with Crippen molar-refractivity contribution in [3.05, 3.63) is 57.3 Å². The van der Waals surface area contributed by atoms with Crippen molar-refractivity contribution in [1.29, 1.82) is 0 Å². The first kappa shape index (κ1) is 21.1. The highest BCUT2D eigenvalue weighted by molar-refractivity contribution is 9.10. The normalized spacial score (nSPS) is 16.8. The molecule has 8 heteroatoms. The maximum absolute atomic E-state index is 14.3. The summed E-state index contributed by atoms with van der Waals surface area (Å²) in [6.45, 7) is 3.30. The highest BCUT2D eigenvalue weighted by Crippen LogP contribution is 2.35. The van der Waals surface area contributed by atoms with E-state index in [1.807, 2.05) is 16.0 Å². The van der Waals surface area contributed by atoms with Gasteiger partial charge in [0.1, 0.15) is 11.5 Å². The fourth-order valence-electron chi connectivity index (χ4n) is 3.95. The number of thiophene rings is 1. The van der Waals surface area contributed by atoms with E-state index < -0.39 is 0 Å². The van der Waals surface area contributed by atoms with Gasteiger partial charge in [-0.3, -0.25) is 9.59 Å². The number of esters is 1. The van der Waals surface area contributed by atoms with Crippen molar-refractivity contribution in [2.45, 2.75) is 26.3 Å². The monoisotopic (exact) mass is 492 g/mol. The summed E-state index contributed by atoms with van der Waals surface area (Å²) in [6.07, 6.45) is 1.47. The molecule has 0 N–H and O–H groups in total. The van der Waals surface area contributed by atoms with Crippen LogP contribution in [0, 0.1) is 11.7 Å². The zero-order valence-electron chi connectivity index (χ0n) is 16.6. The van der Waals surface area contributed by atoms with E-state index in [9.17, 15) is 14.0 Å². The van der Waals surface area contributed by atoms with Gasteiger partial charge in [0.15, 0.2) is 0 Å². The SMILES string of the molecule is CCOC(=O)[C@@H]1CCCN(C(=O)c2cc3scc(Br)c3n2Cc2ccccc2F)C1. The number of aromatic nitrogens is 1. The van der Waals surface area contributed by atoms with Gasteiger partial charge in [-0.05, 0) is 47.8 Å². The molecule has 4 rings (SSSR count). The van der Waals surface area contributed by atoms with Gasteiger partial charge < -0.3 is 14.2 Å². The molecule has 5 nitrogen and oxygen atoms in total. The van der Waals surface area contributed by atoms with Crippen LogP contribution >= 0.6 is 27.3 Å². The molecular weight excluding hydrogens is 471 g/mol. The van der Waals surface area contributed by atoms with Crippen molar-refractivity contribution < 1.29 is 18.7 Å².